The Kier molecular flexibility index (Phi) is 3.79. The Hall–Kier alpha value is -1.91. The highest BCUT2D eigenvalue weighted by atomic mass is 16.5. The highest BCUT2D eigenvalue weighted by Crippen LogP contribution is 2.08. The Morgan fingerprint density at radius 1 is 1.33 bits per heavy atom. The van der Waals surface area contributed by atoms with E-state index in [1.807, 2.05) is 0 Å². The van der Waals surface area contributed by atoms with Crippen LogP contribution in [0.4, 0.5) is 0 Å². The first-order valence-corrected chi connectivity index (χ1v) is 4.28. The molecule has 0 aliphatic carbocycles. The molecule has 0 radical (unpaired) electrons. The summed E-state index contributed by atoms with van der Waals surface area (Å²) >= 11 is 0. The minimum Gasteiger partial charge on any atom is -0.481 e. The van der Waals surface area contributed by atoms with Crippen LogP contribution in [0.2, 0.25) is 0 Å². The number of ketones is 1. The molecule has 15 heavy (non-hydrogen) atoms. The number of Topliss-reactive ketones (excluding diaryl/α,β-unsaturated/α-hetero) is 1. The number of nitrogens with zero attached hydrogens (tertiary/aromatic N) is 1. The van der Waals surface area contributed by atoms with Crippen molar-refractivity contribution in [3.63, 3.8) is 0 Å². The predicted molar refractivity (Wildman–Crippen MR) is 51.8 cm³/mol. The fourth-order valence-electron chi connectivity index (χ4n) is 0.978. The van der Waals surface area contributed by atoms with Crippen LogP contribution in [0, 0.1) is 0 Å². The second-order valence-electron chi connectivity index (χ2n) is 2.74. The van der Waals surface area contributed by atoms with E-state index in [0.717, 1.165) is 0 Å². The van der Waals surface area contributed by atoms with Crippen molar-refractivity contribution >= 4 is 11.8 Å². The first-order valence-electron chi connectivity index (χ1n) is 4.28. The average molecular weight is 209 g/mol. The molecule has 0 unspecified atom stereocenters. The van der Waals surface area contributed by atoms with E-state index in [1.54, 1.807) is 12.1 Å². The van der Waals surface area contributed by atoms with Crippen LogP contribution >= 0.6 is 0 Å². The minimum atomic E-state index is -0.579. The molecule has 0 aliphatic heterocycles. The van der Waals surface area contributed by atoms with Crippen LogP contribution in [0.1, 0.15) is 16.9 Å². The Labute approximate surface area is 87.0 Å². The van der Waals surface area contributed by atoms with E-state index in [-0.39, 0.29) is 17.9 Å². The van der Waals surface area contributed by atoms with Crippen molar-refractivity contribution in [2.75, 3.05) is 14.2 Å². The van der Waals surface area contributed by atoms with Gasteiger partial charge in [0.25, 0.3) is 0 Å². The van der Waals surface area contributed by atoms with E-state index in [4.69, 9.17) is 4.74 Å². The van der Waals surface area contributed by atoms with E-state index in [1.165, 1.54) is 20.3 Å². The zero-order valence-corrected chi connectivity index (χ0v) is 8.52. The number of carbonyl (C=O) groups excluding carboxylic acids is 2. The first-order chi connectivity index (χ1) is 7.17. The molecular weight excluding hydrogens is 198 g/mol. The van der Waals surface area contributed by atoms with Crippen molar-refractivity contribution in [3.8, 4) is 5.88 Å². The molecule has 1 aromatic rings. The lowest BCUT2D eigenvalue weighted by Gasteiger charge is -2.01. The van der Waals surface area contributed by atoms with Gasteiger partial charge in [-0.3, -0.25) is 9.59 Å². The maximum Gasteiger partial charge on any atom is 0.313 e. The van der Waals surface area contributed by atoms with Crippen molar-refractivity contribution in [2.45, 2.75) is 6.42 Å². The summed E-state index contributed by atoms with van der Waals surface area (Å²) in [6, 6.07) is 4.78. The molecule has 0 N–H and O–H groups in total. The molecule has 0 fully saturated rings. The molecule has 80 valence electrons. The van der Waals surface area contributed by atoms with Gasteiger partial charge in [0.15, 0.2) is 5.78 Å². The van der Waals surface area contributed by atoms with Gasteiger partial charge >= 0.3 is 5.97 Å². The maximum atomic E-state index is 11.5. The van der Waals surface area contributed by atoms with Gasteiger partial charge in [-0.05, 0) is 6.07 Å². The molecule has 0 bridgehead atoms. The van der Waals surface area contributed by atoms with Crippen LogP contribution in [0.3, 0.4) is 0 Å². The number of pyridine rings is 1. The lowest BCUT2D eigenvalue weighted by atomic mass is 10.2. The summed E-state index contributed by atoms with van der Waals surface area (Å²) in [7, 11) is 2.69. The average Bonchev–Trinajstić information content (AvgIpc) is 2.28. The van der Waals surface area contributed by atoms with Crippen molar-refractivity contribution in [3.05, 3.63) is 23.9 Å². The van der Waals surface area contributed by atoms with E-state index < -0.39 is 5.97 Å². The molecule has 1 aromatic heterocycles. The van der Waals surface area contributed by atoms with Gasteiger partial charge in [-0.25, -0.2) is 4.98 Å². The quantitative estimate of drug-likeness (QED) is 0.417. The topological polar surface area (TPSA) is 65.5 Å². The minimum absolute atomic E-state index is 0.194. The molecule has 1 rings (SSSR count). The summed E-state index contributed by atoms with van der Waals surface area (Å²) in [6.07, 6.45) is -0.309. The summed E-state index contributed by atoms with van der Waals surface area (Å²) in [5.74, 6) is -0.629. The first kappa shape index (κ1) is 11.2. The molecule has 0 aromatic carbocycles. The third kappa shape index (κ3) is 3.05. The molecule has 0 saturated carbocycles. The summed E-state index contributed by atoms with van der Waals surface area (Å²) in [6.45, 7) is 0. The van der Waals surface area contributed by atoms with E-state index in [0.29, 0.717) is 5.88 Å². The lowest BCUT2D eigenvalue weighted by Crippen LogP contribution is -2.11. The second-order valence-corrected chi connectivity index (χ2v) is 2.74. The summed E-state index contributed by atoms with van der Waals surface area (Å²) < 4.78 is 9.24. The maximum absolute atomic E-state index is 11.5. The van der Waals surface area contributed by atoms with Crippen LogP contribution in [0.25, 0.3) is 0 Å². The zero-order chi connectivity index (χ0) is 11.3. The van der Waals surface area contributed by atoms with Crippen LogP contribution in [-0.4, -0.2) is 31.0 Å². The molecule has 0 spiro atoms. The molecule has 1 heterocycles. The van der Waals surface area contributed by atoms with E-state index in [2.05, 4.69) is 9.72 Å². The van der Waals surface area contributed by atoms with Crippen molar-refractivity contribution < 1.29 is 19.1 Å². The van der Waals surface area contributed by atoms with Crippen LogP contribution < -0.4 is 4.74 Å². The highest BCUT2D eigenvalue weighted by Gasteiger charge is 2.13. The second kappa shape index (κ2) is 5.09. The Balaban J connectivity index is 2.77. The Morgan fingerprint density at radius 2 is 2.07 bits per heavy atom. The summed E-state index contributed by atoms with van der Waals surface area (Å²) in [5.41, 5.74) is 0.194. The van der Waals surface area contributed by atoms with Crippen molar-refractivity contribution in [1.82, 2.24) is 4.98 Å². The SMILES string of the molecule is COC(=O)CC(=O)c1cccc(OC)n1. The van der Waals surface area contributed by atoms with Crippen LogP contribution in [-0.2, 0) is 9.53 Å². The molecular formula is C10H11NO4. The van der Waals surface area contributed by atoms with Gasteiger partial charge in [0.05, 0.1) is 14.2 Å². The number of hydrogen-bond donors (Lipinski definition) is 0. The van der Waals surface area contributed by atoms with Gasteiger partial charge in [0, 0.05) is 6.07 Å². The lowest BCUT2D eigenvalue weighted by molar-refractivity contribution is -0.139. The molecule has 5 heteroatoms. The summed E-state index contributed by atoms with van der Waals surface area (Å²) in [5, 5.41) is 0. The number of aromatic nitrogens is 1. The number of methoxy groups -OCH3 is 2. The van der Waals surface area contributed by atoms with Crippen molar-refractivity contribution in [2.24, 2.45) is 0 Å². The monoisotopic (exact) mass is 209 g/mol. The van der Waals surface area contributed by atoms with Gasteiger partial charge in [0.2, 0.25) is 5.88 Å². The fourth-order valence-corrected chi connectivity index (χ4v) is 0.978. The zero-order valence-electron chi connectivity index (χ0n) is 8.52. The molecule has 5 nitrogen and oxygen atoms in total. The molecule has 0 atom stereocenters. The van der Waals surface area contributed by atoms with Gasteiger partial charge in [-0.2, -0.15) is 0 Å². The molecule has 0 amide bonds. The van der Waals surface area contributed by atoms with Crippen LogP contribution in [0.15, 0.2) is 18.2 Å². The smallest absolute Gasteiger partial charge is 0.313 e. The fraction of sp³-hybridized carbons (Fsp3) is 0.300. The number of ether oxygens (including phenoxy) is 2. The van der Waals surface area contributed by atoms with E-state index in [9.17, 15) is 9.59 Å². The third-order valence-electron chi connectivity index (χ3n) is 1.75. The number of esters is 1. The van der Waals surface area contributed by atoms with Gasteiger partial charge in [-0.15, -0.1) is 0 Å². The Morgan fingerprint density at radius 3 is 2.67 bits per heavy atom. The van der Waals surface area contributed by atoms with Gasteiger partial charge in [-0.1, -0.05) is 6.07 Å². The van der Waals surface area contributed by atoms with E-state index >= 15 is 0 Å². The van der Waals surface area contributed by atoms with Crippen molar-refractivity contribution in [1.29, 1.82) is 0 Å². The molecule has 0 aliphatic rings. The Bertz CT molecular complexity index is 375. The highest BCUT2D eigenvalue weighted by molar-refractivity contribution is 6.04. The van der Waals surface area contributed by atoms with Crippen LogP contribution in [0.5, 0.6) is 5.88 Å². The number of carbonyl (C=O) groups is 2. The number of hydrogen-bond acceptors (Lipinski definition) is 5. The number of rotatable bonds is 4. The summed E-state index contributed by atoms with van der Waals surface area (Å²) in [4.78, 5) is 26.2. The molecule has 0 saturated heterocycles. The van der Waals surface area contributed by atoms with Gasteiger partial charge < -0.3 is 9.47 Å². The normalized spacial score (nSPS) is 9.47. The van der Waals surface area contributed by atoms with Gasteiger partial charge in [0.1, 0.15) is 12.1 Å². The predicted octanol–water partition coefficient (Wildman–Crippen LogP) is 0.836. The third-order valence-corrected chi connectivity index (χ3v) is 1.75. The largest absolute Gasteiger partial charge is 0.481 e. The standard InChI is InChI=1S/C10H11NO4/c1-14-9-5-3-4-7(11-9)8(12)6-10(13)15-2/h3-5H,6H2,1-2H3.